The van der Waals surface area contributed by atoms with Crippen LogP contribution < -0.4 is 4.74 Å². The van der Waals surface area contributed by atoms with Gasteiger partial charge in [0.1, 0.15) is 0 Å². The summed E-state index contributed by atoms with van der Waals surface area (Å²) >= 11 is 0. The maximum absolute atomic E-state index is 4.93. The molecule has 2 rings (SSSR count). The van der Waals surface area contributed by atoms with E-state index < -0.39 is 0 Å². The van der Waals surface area contributed by atoms with Crippen LogP contribution in [0, 0.1) is 0 Å². The molecule has 1 aliphatic rings. The molecule has 0 saturated carbocycles. The van der Waals surface area contributed by atoms with Gasteiger partial charge in [-0.3, -0.25) is 9.88 Å². The zero-order chi connectivity index (χ0) is 9.10. The Morgan fingerprint density at radius 3 is 2.69 bits per heavy atom. The summed E-state index contributed by atoms with van der Waals surface area (Å²) in [6.07, 6.45) is 4.75. The summed E-state index contributed by atoms with van der Waals surface area (Å²) in [5.41, 5.74) is 1.01. The average Bonchev–Trinajstić information content (AvgIpc) is 2.12. The topological polar surface area (TPSA) is 38.2 Å². The highest BCUT2D eigenvalue weighted by atomic mass is 16.5. The number of methoxy groups -OCH3 is 1. The van der Waals surface area contributed by atoms with E-state index in [1.165, 1.54) is 19.5 Å². The number of aromatic nitrogens is 2. The highest BCUT2D eigenvalue weighted by Gasteiger charge is 2.14. The van der Waals surface area contributed by atoms with Crippen LogP contribution in [0.4, 0.5) is 0 Å². The van der Waals surface area contributed by atoms with Gasteiger partial charge in [-0.2, -0.15) is 0 Å². The van der Waals surface area contributed by atoms with Crippen molar-refractivity contribution < 1.29 is 4.74 Å². The standard InChI is InChI=1S/C9H13N3O/c1-13-9-6-10-8(5-11-9)7-12-3-2-4-12/h5-6H,2-4,7H2,1H3. The number of likely N-dealkylation sites (tertiary alicyclic amines) is 1. The largest absolute Gasteiger partial charge is 0.480 e. The van der Waals surface area contributed by atoms with Gasteiger partial charge in [0.25, 0.3) is 0 Å². The second-order valence-corrected chi connectivity index (χ2v) is 3.18. The van der Waals surface area contributed by atoms with E-state index in [-0.39, 0.29) is 0 Å². The first-order valence-corrected chi connectivity index (χ1v) is 4.46. The summed E-state index contributed by atoms with van der Waals surface area (Å²) in [6, 6.07) is 0. The molecule has 70 valence electrons. The van der Waals surface area contributed by atoms with Gasteiger partial charge in [0.05, 0.1) is 25.2 Å². The van der Waals surface area contributed by atoms with Crippen LogP contribution in [0.3, 0.4) is 0 Å². The van der Waals surface area contributed by atoms with E-state index in [1.54, 1.807) is 19.5 Å². The molecule has 13 heavy (non-hydrogen) atoms. The molecule has 0 amide bonds. The van der Waals surface area contributed by atoms with Crippen molar-refractivity contribution in [1.82, 2.24) is 14.9 Å². The maximum Gasteiger partial charge on any atom is 0.231 e. The third-order valence-electron chi connectivity index (χ3n) is 2.23. The lowest BCUT2D eigenvalue weighted by Gasteiger charge is -2.29. The average molecular weight is 179 g/mol. The zero-order valence-corrected chi connectivity index (χ0v) is 7.73. The SMILES string of the molecule is COc1cnc(CN2CCC2)cn1. The van der Waals surface area contributed by atoms with Crippen molar-refractivity contribution in [1.29, 1.82) is 0 Å². The Morgan fingerprint density at radius 1 is 1.38 bits per heavy atom. The monoisotopic (exact) mass is 179 g/mol. The van der Waals surface area contributed by atoms with Crippen molar-refractivity contribution in [2.75, 3.05) is 20.2 Å². The minimum absolute atomic E-state index is 0.576. The number of ether oxygens (including phenoxy) is 1. The van der Waals surface area contributed by atoms with E-state index in [2.05, 4.69) is 14.9 Å². The van der Waals surface area contributed by atoms with Crippen molar-refractivity contribution in [2.45, 2.75) is 13.0 Å². The summed E-state index contributed by atoms with van der Waals surface area (Å²) in [5, 5.41) is 0. The van der Waals surface area contributed by atoms with Crippen molar-refractivity contribution in [2.24, 2.45) is 0 Å². The Balaban J connectivity index is 1.96. The van der Waals surface area contributed by atoms with Gasteiger partial charge in [-0.25, -0.2) is 4.98 Å². The molecule has 1 fully saturated rings. The molecule has 0 atom stereocenters. The Morgan fingerprint density at radius 2 is 2.23 bits per heavy atom. The normalized spacial score (nSPS) is 16.7. The maximum atomic E-state index is 4.93. The molecule has 0 aliphatic carbocycles. The third kappa shape index (κ3) is 1.95. The summed E-state index contributed by atoms with van der Waals surface area (Å²) < 4.78 is 4.93. The van der Waals surface area contributed by atoms with Crippen LogP contribution in [0.15, 0.2) is 12.4 Å². The predicted octanol–water partition coefficient (Wildman–Crippen LogP) is 0.691. The van der Waals surface area contributed by atoms with Gasteiger partial charge in [-0.05, 0) is 19.5 Å². The first kappa shape index (κ1) is 8.44. The van der Waals surface area contributed by atoms with E-state index in [0.717, 1.165) is 12.2 Å². The number of rotatable bonds is 3. The molecule has 1 aromatic rings. The molecule has 0 bridgehead atoms. The van der Waals surface area contributed by atoms with Crippen molar-refractivity contribution >= 4 is 0 Å². The predicted molar refractivity (Wildman–Crippen MR) is 48.5 cm³/mol. The molecular weight excluding hydrogens is 166 g/mol. The van der Waals surface area contributed by atoms with Gasteiger partial charge < -0.3 is 4.74 Å². The highest BCUT2D eigenvalue weighted by molar-refractivity contribution is 5.07. The lowest BCUT2D eigenvalue weighted by molar-refractivity contribution is 0.170. The molecule has 1 aliphatic heterocycles. The minimum atomic E-state index is 0.576. The van der Waals surface area contributed by atoms with Crippen LogP contribution in [-0.2, 0) is 6.54 Å². The fraction of sp³-hybridized carbons (Fsp3) is 0.556. The van der Waals surface area contributed by atoms with Crippen LogP contribution in [-0.4, -0.2) is 35.1 Å². The summed E-state index contributed by atoms with van der Waals surface area (Å²) in [6.45, 7) is 3.29. The molecule has 4 nitrogen and oxygen atoms in total. The number of nitrogens with zero attached hydrogens (tertiary/aromatic N) is 3. The van der Waals surface area contributed by atoms with Crippen molar-refractivity contribution in [3.05, 3.63) is 18.1 Å². The molecule has 0 N–H and O–H groups in total. The van der Waals surface area contributed by atoms with Crippen LogP contribution in [0.5, 0.6) is 5.88 Å². The van der Waals surface area contributed by atoms with Crippen molar-refractivity contribution in [3.63, 3.8) is 0 Å². The molecule has 4 heteroatoms. The number of hydrogen-bond donors (Lipinski definition) is 0. The Kier molecular flexibility index (Phi) is 2.40. The molecule has 0 spiro atoms. The van der Waals surface area contributed by atoms with E-state index in [9.17, 15) is 0 Å². The quantitative estimate of drug-likeness (QED) is 0.684. The highest BCUT2D eigenvalue weighted by Crippen LogP contribution is 2.10. The molecule has 0 radical (unpaired) electrons. The zero-order valence-electron chi connectivity index (χ0n) is 7.73. The molecule has 1 aromatic heterocycles. The second kappa shape index (κ2) is 3.70. The molecule has 1 saturated heterocycles. The minimum Gasteiger partial charge on any atom is -0.480 e. The molecule has 0 aromatic carbocycles. The molecular formula is C9H13N3O. The van der Waals surface area contributed by atoms with Crippen molar-refractivity contribution in [3.8, 4) is 5.88 Å². The first-order chi connectivity index (χ1) is 6.38. The van der Waals surface area contributed by atoms with E-state index in [0.29, 0.717) is 5.88 Å². The van der Waals surface area contributed by atoms with E-state index in [1.807, 2.05) is 0 Å². The van der Waals surface area contributed by atoms with Crippen LogP contribution in [0.2, 0.25) is 0 Å². The van der Waals surface area contributed by atoms with Gasteiger partial charge in [0.2, 0.25) is 5.88 Å². The smallest absolute Gasteiger partial charge is 0.231 e. The summed E-state index contributed by atoms with van der Waals surface area (Å²) in [5.74, 6) is 0.576. The summed E-state index contributed by atoms with van der Waals surface area (Å²) in [4.78, 5) is 10.7. The first-order valence-electron chi connectivity index (χ1n) is 4.46. The van der Waals surface area contributed by atoms with Crippen LogP contribution in [0.1, 0.15) is 12.1 Å². The molecule has 0 unspecified atom stereocenters. The van der Waals surface area contributed by atoms with Crippen LogP contribution >= 0.6 is 0 Å². The Bertz CT molecular complexity index is 269. The second-order valence-electron chi connectivity index (χ2n) is 3.18. The van der Waals surface area contributed by atoms with E-state index in [4.69, 9.17) is 4.74 Å². The molecule has 2 heterocycles. The fourth-order valence-electron chi connectivity index (χ4n) is 1.30. The van der Waals surface area contributed by atoms with Gasteiger partial charge in [-0.15, -0.1) is 0 Å². The van der Waals surface area contributed by atoms with Crippen LogP contribution in [0.25, 0.3) is 0 Å². The van der Waals surface area contributed by atoms with Gasteiger partial charge >= 0.3 is 0 Å². The lowest BCUT2D eigenvalue weighted by Crippen LogP contribution is -2.36. The fourth-order valence-corrected chi connectivity index (χ4v) is 1.30. The van der Waals surface area contributed by atoms with Gasteiger partial charge in [-0.1, -0.05) is 0 Å². The summed E-state index contributed by atoms with van der Waals surface area (Å²) in [7, 11) is 1.60. The number of hydrogen-bond acceptors (Lipinski definition) is 4. The Hall–Kier alpha value is -1.16. The van der Waals surface area contributed by atoms with Gasteiger partial charge in [0, 0.05) is 6.54 Å². The lowest BCUT2D eigenvalue weighted by atomic mass is 10.2. The third-order valence-corrected chi connectivity index (χ3v) is 2.23. The van der Waals surface area contributed by atoms with E-state index >= 15 is 0 Å². The van der Waals surface area contributed by atoms with Gasteiger partial charge in [0.15, 0.2) is 0 Å². The Labute approximate surface area is 77.6 Å².